The van der Waals surface area contributed by atoms with E-state index in [1.165, 1.54) is 23.2 Å². The van der Waals surface area contributed by atoms with E-state index in [4.69, 9.17) is 5.11 Å². The second kappa shape index (κ2) is 4.39. The maximum atomic E-state index is 12.1. The molecule has 2 heterocycles. The first kappa shape index (κ1) is 12.5. The number of aliphatic hydroxyl groups excluding tert-OH is 2. The summed E-state index contributed by atoms with van der Waals surface area (Å²) in [7, 11) is 2.88. The van der Waals surface area contributed by atoms with E-state index in [0.717, 1.165) is 4.57 Å². The van der Waals surface area contributed by atoms with Gasteiger partial charge in [-0.25, -0.2) is 9.78 Å². The summed E-state index contributed by atoms with van der Waals surface area (Å²) in [6.45, 7) is -0.420. The van der Waals surface area contributed by atoms with E-state index in [-0.39, 0.29) is 36.7 Å². The highest BCUT2D eigenvalue weighted by Crippen LogP contribution is 2.10. The molecule has 0 unspecified atom stereocenters. The van der Waals surface area contributed by atoms with Gasteiger partial charge in [0.05, 0.1) is 6.61 Å². The van der Waals surface area contributed by atoms with E-state index >= 15 is 0 Å². The van der Waals surface area contributed by atoms with E-state index in [0.29, 0.717) is 0 Å². The molecular formula is C10H14N4O4. The van der Waals surface area contributed by atoms with Gasteiger partial charge in [0.2, 0.25) is 0 Å². The molecule has 0 spiro atoms. The first-order chi connectivity index (χ1) is 8.52. The third-order valence-corrected chi connectivity index (χ3v) is 2.89. The van der Waals surface area contributed by atoms with Crippen molar-refractivity contribution < 1.29 is 10.2 Å². The minimum atomic E-state index is -0.492. The van der Waals surface area contributed by atoms with Crippen molar-refractivity contribution in [1.29, 1.82) is 0 Å². The van der Waals surface area contributed by atoms with Crippen LogP contribution in [0.25, 0.3) is 11.2 Å². The van der Waals surface area contributed by atoms with Crippen molar-refractivity contribution in [1.82, 2.24) is 18.7 Å². The highest BCUT2D eigenvalue weighted by Gasteiger charge is 2.17. The average molecular weight is 254 g/mol. The van der Waals surface area contributed by atoms with Crippen molar-refractivity contribution in [2.75, 3.05) is 6.61 Å². The van der Waals surface area contributed by atoms with E-state index < -0.39 is 11.2 Å². The molecule has 18 heavy (non-hydrogen) atoms. The molecule has 0 bridgehead atoms. The number of hydrogen-bond acceptors (Lipinski definition) is 5. The number of aliphatic hydroxyl groups is 2. The second-order valence-electron chi connectivity index (χ2n) is 3.94. The Bertz CT molecular complexity index is 709. The molecule has 0 radical (unpaired) electrons. The number of rotatable bonds is 3. The minimum absolute atomic E-state index is 0.139. The van der Waals surface area contributed by atoms with Gasteiger partial charge in [0.1, 0.15) is 12.4 Å². The molecule has 0 atom stereocenters. The SMILES string of the molecule is Cn1c(=O)c2c(nc(CO)n2CCO)n(C)c1=O. The zero-order valence-electron chi connectivity index (χ0n) is 10.1. The van der Waals surface area contributed by atoms with Crippen LogP contribution in [0, 0.1) is 0 Å². The van der Waals surface area contributed by atoms with Gasteiger partial charge < -0.3 is 14.8 Å². The van der Waals surface area contributed by atoms with E-state index in [9.17, 15) is 14.7 Å². The lowest BCUT2D eigenvalue weighted by atomic mass is 10.5. The van der Waals surface area contributed by atoms with Crippen LogP contribution in [0.1, 0.15) is 5.82 Å². The molecule has 0 saturated carbocycles. The van der Waals surface area contributed by atoms with Gasteiger partial charge >= 0.3 is 5.69 Å². The third-order valence-electron chi connectivity index (χ3n) is 2.89. The Morgan fingerprint density at radius 2 is 1.83 bits per heavy atom. The van der Waals surface area contributed by atoms with Crippen molar-refractivity contribution in [3.8, 4) is 0 Å². The van der Waals surface area contributed by atoms with Crippen molar-refractivity contribution in [2.45, 2.75) is 13.2 Å². The molecule has 0 aliphatic carbocycles. The first-order valence-corrected chi connectivity index (χ1v) is 5.39. The Kier molecular flexibility index (Phi) is 3.05. The van der Waals surface area contributed by atoms with Gasteiger partial charge in [-0.15, -0.1) is 0 Å². The molecule has 98 valence electrons. The lowest BCUT2D eigenvalue weighted by Crippen LogP contribution is -2.37. The van der Waals surface area contributed by atoms with Gasteiger partial charge in [0.15, 0.2) is 11.2 Å². The molecule has 2 aromatic rings. The lowest BCUT2D eigenvalue weighted by molar-refractivity contribution is 0.248. The standard InChI is InChI=1S/C10H14N4O4/c1-12-8-7(9(17)13(2)10(12)18)14(3-4-15)6(5-16)11-8/h15-16H,3-5H2,1-2H3. The van der Waals surface area contributed by atoms with Crippen LogP contribution in [0.4, 0.5) is 0 Å². The normalized spacial score (nSPS) is 11.3. The fourth-order valence-electron chi connectivity index (χ4n) is 1.95. The zero-order chi connectivity index (χ0) is 13.4. The molecule has 0 amide bonds. The number of imidazole rings is 1. The van der Waals surface area contributed by atoms with Gasteiger partial charge in [-0.05, 0) is 0 Å². The van der Waals surface area contributed by atoms with E-state index in [1.807, 2.05) is 0 Å². The van der Waals surface area contributed by atoms with Crippen LogP contribution >= 0.6 is 0 Å². The van der Waals surface area contributed by atoms with Crippen molar-refractivity contribution in [2.24, 2.45) is 14.1 Å². The molecule has 0 aliphatic heterocycles. The summed E-state index contributed by atoms with van der Waals surface area (Å²) in [4.78, 5) is 27.9. The summed E-state index contributed by atoms with van der Waals surface area (Å²) < 4.78 is 3.64. The number of hydrogen-bond donors (Lipinski definition) is 2. The molecular weight excluding hydrogens is 240 g/mol. The van der Waals surface area contributed by atoms with Crippen molar-refractivity contribution in [3.63, 3.8) is 0 Å². The maximum absolute atomic E-state index is 12.1. The van der Waals surface area contributed by atoms with Gasteiger partial charge in [0.25, 0.3) is 5.56 Å². The third kappa shape index (κ3) is 1.57. The second-order valence-corrected chi connectivity index (χ2v) is 3.94. The fraction of sp³-hybridized carbons (Fsp3) is 0.500. The average Bonchev–Trinajstić information content (AvgIpc) is 2.73. The number of fused-ring (bicyclic) bond motifs is 1. The van der Waals surface area contributed by atoms with Gasteiger partial charge in [-0.3, -0.25) is 13.9 Å². The predicted molar refractivity (Wildman–Crippen MR) is 63.2 cm³/mol. The highest BCUT2D eigenvalue weighted by atomic mass is 16.3. The van der Waals surface area contributed by atoms with Gasteiger partial charge in [-0.1, -0.05) is 0 Å². The largest absolute Gasteiger partial charge is 0.395 e. The zero-order valence-corrected chi connectivity index (χ0v) is 10.1. The summed E-state index contributed by atoms with van der Waals surface area (Å²) in [6, 6.07) is 0. The summed E-state index contributed by atoms with van der Waals surface area (Å²) in [5.74, 6) is 0.248. The Hall–Kier alpha value is -1.93. The molecule has 0 aromatic carbocycles. The van der Waals surface area contributed by atoms with E-state index in [1.54, 1.807) is 0 Å². The highest BCUT2D eigenvalue weighted by molar-refractivity contribution is 5.71. The molecule has 0 fully saturated rings. The monoisotopic (exact) mass is 254 g/mol. The molecule has 8 heteroatoms. The molecule has 2 aromatic heterocycles. The Labute approximate surface area is 101 Å². The van der Waals surface area contributed by atoms with Crippen molar-refractivity contribution in [3.05, 3.63) is 26.7 Å². The number of aryl methyl sites for hydroxylation is 1. The van der Waals surface area contributed by atoms with Crippen LogP contribution in [0.2, 0.25) is 0 Å². The Morgan fingerprint density at radius 3 is 2.39 bits per heavy atom. The number of nitrogens with zero attached hydrogens (tertiary/aromatic N) is 4. The molecule has 0 saturated heterocycles. The first-order valence-electron chi connectivity index (χ1n) is 5.39. The van der Waals surface area contributed by atoms with E-state index in [2.05, 4.69) is 4.98 Å². The Morgan fingerprint density at radius 1 is 1.17 bits per heavy atom. The summed E-state index contributed by atoms with van der Waals surface area (Å²) >= 11 is 0. The van der Waals surface area contributed by atoms with Crippen LogP contribution in [-0.2, 0) is 27.2 Å². The molecule has 2 rings (SSSR count). The fourth-order valence-corrected chi connectivity index (χ4v) is 1.95. The maximum Gasteiger partial charge on any atom is 0.332 e. The Balaban J connectivity index is 3.00. The van der Waals surface area contributed by atoms with Crippen LogP contribution in [0.3, 0.4) is 0 Å². The summed E-state index contributed by atoms with van der Waals surface area (Å²) in [6.07, 6.45) is 0. The molecule has 8 nitrogen and oxygen atoms in total. The number of aromatic nitrogens is 4. The van der Waals surface area contributed by atoms with Crippen LogP contribution < -0.4 is 11.2 Å². The predicted octanol–water partition coefficient (Wildman–Crippen LogP) is -2.08. The topological polar surface area (TPSA) is 102 Å². The molecule has 2 N–H and O–H groups in total. The van der Waals surface area contributed by atoms with Crippen LogP contribution in [0.15, 0.2) is 9.59 Å². The van der Waals surface area contributed by atoms with Crippen LogP contribution in [-0.4, -0.2) is 35.5 Å². The minimum Gasteiger partial charge on any atom is -0.395 e. The summed E-state index contributed by atoms with van der Waals surface area (Å²) in [5, 5.41) is 18.2. The lowest BCUT2D eigenvalue weighted by Gasteiger charge is -2.06. The molecule has 0 aliphatic rings. The smallest absolute Gasteiger partial charge is 0.332 e. The van der Waals surface area contributed by atoms with Gasteiger partial charge in [-0.2, -0.15) is 0 Å². The van der Waals surface area contributed by atoms with Crippen molar-refractivity contribution >= 4 is 11.2 Å². The van der Waals surface area contributed by atoms with Crippen LogP contribution in [0.5, 0.6) is 0 Å². The van der Waals surface area contributed by atoms with Gasteiger partial charge in [0, 0.05) is 20.6 Å². The summed E-state index contributed by atoms with van der Waals surface area (Å²) in [5.41, 5.74) is -0.558. The quantitative estimate of drug-likeness (QED) is 0.654.